The fourth-order valence-electron chi connectivity index (χ4n) is 2.76. The number of ether oxygens (including phenoxy) is 1. The summed E-state index contributed by atoms with van der Waals surface area (Å²) < 4.78 is 5.93. The van der Waals surface area contributed by atoms with E-state index in [-0.39, 0.29) is 11.8 Å². The van der Waals surface area contributed by atoms with Crippen LogP contribution in [0.15, 0.2) is 54.6 Å². The maximum absolute atomic E-state index is 12.8. The summed E-state index contributed by atoms with van der Waals surface area (Å²) in [5.41, 5.74) is 1.71. The molecule has 0 radical (unpaired) electrons. The van der Waals surface area contributed by atoms with E-state index in [9.17, 15) is 10.1 Å². The standard InChI is InChI=1S/C22H26N2O2/c1-17(2)21(26-20-14-8-7-13-19(20)16-23)22(25)24(3)15-9-12-18-10-5-4-6-11-18/h4-8,10-11,13-14,17,21H,9,12,15H2,1-3H3. The highest BCUT2D eigenvalue weighted by atomic mass is 16.5. The fourth-order valence-corrected chi connectivity index (χ4v) is 2.76. The van der Waals surface area contributed by atoms with Crippen LogP contribution in [0, 0.1) is 17.2 Å². The first-order valence-electron chi connectivity index (χ1n) is 8.97. The molecule has 2 rings (SSSR count). The van der Waals surface area contributed by atoms with Gasteiger partial charge in [0.1, 0.15) is 11.8 Å². The third-order valence-electron chi connectivity index (χ3n) is 4.29. The number of hydrogen-bond acceptors (Lipinski definition) is 3. The van der Waals surface area contributed by atoms with Crippen LogP contribution >= 0.6 is 0 Å². The van der Waals surface area contributed by atoms with Crippen molar-refractivity contribution >= 4 is 5.91 Å². The number of hydrogen-bond donors (Lipinski definition) is 0. The smallest absolute Gasteiger partial charge is 0.263 e. The molecule has 1 atom stereocenters. The molecule has 0 aromatic heterocycles. The van der Waals surface area contributed by atoms with Crippen LogP contribution in [-0.2, 0) is 11.2 Å². The summed E-state index contributed by atoms with van der Waals surface area (Å²) in [6, 6.07) is 19.4. The Morgan fingerprint density at radius 1 is 1.12 bits per heavy atom. The predicted octanol–water partition coefficient (Wildman–Crippen LogP) is 4.05. The van der Waals surface area contributed by atoms with Gasteiger partial charge in [-0.05, 0) is 36.5 Å². The van der Waals surface area contributed by atoms with Crippen molar-refractivity contribution in [2.75, 3.05) is 13.6 Å². The maximum atomic E-state index is 12.8. The molecule has 1 unspecified atom stereocenters. The van der Waals surface area contributed by atoms with Crippen molar-refractivity contribution in [2.24, 2.45) is 5.92 Å². The summed E-state index contributed by atoms with van der Waals surface area (Å²) in [6.07, 6.45) is 1.22. The number of aryl methyl sites for hydroxylation is 1. The highest BCUT2D eigenvalue weighted by molar-refractivity contribution is 5.81. The Labute approximate surface area is 156 Å². The molecule has 2 aromatic rings. The van der Waals surface area contributed by atoms with Gasteiger partial charge < -0.3 is 9.64 Å². The minimum atomic E-state index is -0.605. The van der Waals surface area contributed by atoms with Crippen LogP contribution in [0.2, 0.25) is 0 Å². The fraction of sp³-hybridized carbons (Fsp3) is 0.364. The molecule has 0 heterocycles. The molecule has 0 N–H and O–H groups in total. The number of nitrogens with zero attached hydrogens (tertiary/aromatic N) is 2. The van der Waals surface area contributed by atoms with E-state index in [2.05, 4.69) is 18.2 Å². The van der Waals surface area contributed by atoms with Gasteiger partial charge in [0, 0.05) is 13.6 Å². The summed E-state index contributed by atoms with van der Waals surface area (Å²) in [6.45, 7) is 4.57. The van der Waals surface area contributed by atoms with Gasteiger partial charge in [0.25, 0.3) is 5.91 Å². The lowest BCUT2D eigenvalue weighted by molar-refractivity contribution is -0.139. The second-order valence-electron chi connectivity index (χ2n) is 6.74. The molecule has 26 heavy (non-hydrogen) atoms. The molecule has 136 valence electrons. The van der Waals surface area contributed by atoms with Crippen LogP contribution in [0.25, 0.3) is 0 Å². The minimum absolute atomic E-state index is 0.00539. The van der Waals surface area contributed by atoms with Crippen molar-refractivity contribution in [3.8, 4) is 11.8 Å². The van der Waals surface area contributed by atoms with Crippen molar-refractivity contribution in [3.63, 3.8) is 0 Å². The Hall–Kier alpha value is -2.80. The van der Waals surface area contributed by atoms with Crippen molar-refractivity contribution in [3.05, 3.63) is 65.7 Å². The van der Waals surface area contributed by atoms with Crippen LogP contribution in [-0.4, -0.2) is 30.5 Å². The second-order valence-corrected chi connectivity index (χ2v) is 6.74. The molecule has 0 saturated heterocycles. The zero-order chi connectivity index (χ0) is 18.9. The molecule has 2 aromatic carbocycles. The van der Waals surface area contributed by atoms with Gasteiger partial charge in [0.15, 0.2) is 6.10 Å². The number of carbonyl (C=O) groups excluding carboxylic acids is 1. The first-order valence-corrected chi connectivity index (χ1v) is 8.97. The van der Waals surface area contributed by atoms with Crippen molar-refractivity contribution in [1.29, 1.82) is 5.26 Å². The summed E-state index contributed by atoms with van der Waals surface area (Å²) in [5, 5.41) is 9.22. The highest BCUT2D eigenvalue weighted by Crippen LogP contribution is 2.21. The molecule has 0 aliphatic carbocycles. The zero-order valence-corrected chi connectivity index (χ0v) is 15.7. The van der Waals surface area contributed by atoms with Crippen molar-refractivity contribution < 1.29 is 9.53 Å². The molecule has 0 aliphatic heterocycles. The number of nitriles is 1. The lowest BCUT2D eigenvalue weighted by Gasteiger charge is -2.27. The van der Waals surface area contributed by atoms with Gasteiger partial charge in [-0.1, -0.05) is 56.3 Å². The summed E-state index contributed by atoms with van der Waals surface area (Å²) in [4.78, 5) is 14.6. The van der Waals surface area contributed by atoms with E-state index in [0.717, 1.165) is 12.8 Å². The third-order valence-corrected chi connectivity index (χ3v) is 4.29. The number of para-hydroxylation sites is 1. The van der Waals surface area contributed by atoms with Crippen LogP contribution in [0.4, 0.5) is 0 Å². The quantitative estimate of drug-likeness (QED) is 0.721. The molecule has 4 heteroatoms. The highest BCUT2D eigenvalue weighted by Gasteiger charge is 2.27. The average Bonchev–Trinajstić information content (AvgIpc) is 2.66. The monoisotopic (exact) mass is 350 g/mol. The Bertz CT molecular complexity index is 750. The number of benzene rings is 2. The SMILES string of the molecule is CC(C)C(Oc1ccccc1C#N)C(=O)N(C)CCCc1ccccc1. The normalized spacial score (nSPS) is 11.7. The van der Waals surface area contributed by atoms with Crippen LogP contribution in [0.3, 0.4) is 0 Å². The van der Waals surface area contributed by atoms with Gasteiger partial charge >= 0.3 is 0 Å². The summed E-state index contributed by atoms with van der Waals surface area (Å²) >= 11 is 0. The Morgan fingerprint density at radius 2 is 1.77 bits per heavy atom. The average molecular weight is 350 g/mol. The maximum Gasteiger partial charge on any atom is 0.263 e. The number of rotatable bonds is 8. The molecule has 0 spiro atoms. The van der Waals surface area contributed by atoms with Gasteiger partial charge in [-0.15, -0.1) is 0 Å². The van der Waals surface area contributed by atoms with E-state index in [1.165, 1.54) is 5.56 Å². The topological polar surface area (TPSA) is 53.3 Å². The van der Waals surface area contributed by atoms with E-state index < -0.39 is 6.10 Å². The number of likely N-dealkylation sites (N-methyl/N-ethyl adjacent to an activating group) is 1. The molecule has 4 nitrogen and oxygen atoms in total. The van der Waals surface area contributed by atoms with Crippen molar-refractivity contribution in [1.82, 2.24) is 4.90 Å². The van der Waals surface area contributed by atoms with Crippen LogP contribution < -0.4 is 4.74 Å². The lowest BCUT2D eigenvalue weighted by atomic mass is 10.0. The van der Waals surface area contributed by atoms with E-state index in [4.69, 9.17) is 4.74 Å². The van der Waals surface area contributed by atoms with Crippen LogP contribution in [0.5, 0.6) is 5.75 Å². The van der Waals surface area contributed by atoms with E-state index >= 15 is 0 Å². The summed E-state index contributed by atoms with van der Waals surface area (Å²) in [7, 11) is 1.81. The number of carbonyl (C=O) groups is 1. The van der Waals surface area contributed by atoms with Gasteiger partial charge in [-0.25, -0.2) is 0 Å². The molecular formula is C22H26N2O2. The second kappa shape index (κ2) is 9.62. The lowest BCUT2D eigenvalue weighted by Crippen LogP contribution is -2.43. The largest absolute Gasteiger partial charge is 0.479 e. The Morgan fingerprint density at radius 3 is 2.42 bits per heavy atom. The number of amides is 1. The Kier molecular flexibility index (Phi) is 7.23. The Balaban J connectivity index is 1.97. The zero-order valence-electron chi connectivity index (χ0n) is 15.7. The van der Waals surface area contributed by atoms with Gasteiger partial charge in [0.2, 0.25) is 0 Å². The first kappa shape index (κ1) is 19.5. The predicted molar refractivity (Wildman–Crippen MR) is 103 cm³/mol. The summed E-state index contributed by atoms with van der Waals surface area (Å²) in [5.74, 6) is 0.409. The third kappa shape index (κ3) is 5.35. The van der Waals surface area contributed by atoms with Crippen LogP contribution in [0.1, 0.15) is 31.4 Å². The van der Waals surface area contributed by atoms with E-state index in [1.54, 1.807) is 23.1 Å². The molecule has 0 saturated carbocycles. The molecule has 0 aliphatic rings. The molecule has 0 bridgehead atoms. The van der Waals surface area contributed by atoms with Crippen molar-refractivity contribution in [2.45, 2.75) is 32.8 Å². The molecule has 0 fully saturated rings. The van der Waals surface area contributed by atoms with Gasteiger partial charge in [-0.2, -0.15) is 5.26 Å². The van der Waals surface area contributed by atoms with Gasteiger partial charge in [0.05, 0.1) is 5.56 Å². The molecular weight excluding hydrogens is 324 g/mol. The first-order chi connectivity index (χ1) is 12.5. The van der Waals surface area contributed by atoms with Gasteiger partial charge in [-0.3, -0.25) is 4.79 Å². The molecule has 1 amide bonds. The van der Waals surface area contributed by atoms with E-state index in [1.807, 2.05) is 45.2 Å². The minimum Gasteiger partial charge on any atom is -0.479 e. The van der Waals surface area contributed by atoms with E-state index in [0.29, 0.717) is 17.9 Å².